The van der Waals surface area contributed by atoms with Crippen molar-refractivity contribution in [2.75, 3.05) is 37.7 Å². The largest absolute Gasteiger partial charge is 0.349 e. The molecule has 2 atom stereocenters. The molecule has 8 heteroatoms. The molecular formula is C19H28N3O4S+. The third kappa shape index (κ3) is 5.29. The zero-order valence-electron chi connectivity index (χ0n) is 15.7. The highest BCUT2D eigenvalue weighted by atomic mass is 32.2. The summed E-state index contributed by atoms with van der Waals surface area (Å²) in [7, 11) is -2.87. The number of carbonyl (C=O) groups is 2. The standard InChI is InChI=1S/C19H27N3O4S/c1-15(23)20-18(16-5-3-2-4-6-16)13-19(24)22-10-8-21(9-11-22)17-7-12-27(25,26)14-17/h2-6,17-18H,7-14H2,1H3,(H,20,23)/p+1/t17-,18+/m0/s1. The van der Waals surface area contributed by atoms with E-state index in [-0.39, 0.29) is 36.1 Å². The minimum atomic E-state index is -2.87. The number of hydrogen-bond acceptors (Lipinski definition) is 4. The van der Waals surface area contributed by atoms with Crippen molar-refractivity contribution in [1.29, 1.82) is 0 Å². The van der Waals surface area contributed by atoms with Crippen molar-refractivity contribution in [2.24, 2.45) is 0 Å². The maximum atomic E-state index is 12.8. The molecule has 0 aliphatic carbocycles. The minimum Gasteiger partial charge on any atom is -0.349 e. The zero-order valence-corrected chi connectivity index (χ0v) is 16.5. The van der Waals surface area contributed by atoms with Gasteiger partial charge in [-0.3, -0.25) is 9.59 Å². The van der Waals surface area contributed by atoms with Gasteiger partial charge >= 0.3 is 0 Å². The zero-order chi connectivity index (χ0) is 19.4. The molecule has 1 aromatic rings. The van der Waals surface area contributed by atoms with Gasteiger partial charge in [0, 0.05) is 13.3 Å². The lowest BCUT2D eigenvalue weighted by Gasteiger charge is -2.35. The van der Waals surface area contributed by atoms with Crippen LogP contribution < -0.4 is 10.2 Å². The van der Waals surface area contributed by atoms with Gasteiger partial charge in [-0.2, -0.15) is 0 Å². The van der Waals surface area contributed by atoms with Crippen molar-refractivity contribution in [3.8, 4) is 0 Å². The number of carbonyl (C=O) groups excluding carboxylic acids is 2. The summed E-state index contributed by atoms with van der Waals surface area (Å²) in [6.45, 7) is 4.28. The van der Waals surface area contributed by atoms with Gasteiger partial charge in [0.25, 0.3) is 0 Å². The van der Waals surface area contributed by atoms with Crippen molar-refractivity contribution in [2.45, 2.75) is 31.8 Å². The first kappa shape index (κ1) is 19.8. The average Bonchev–Trinajstić information content (AvgIpc) is 3.01. The third-order valence-electron chi connectivity index (χ3n) is 5.53. The lowest BCUT2D eigenvalue weighted by molar-refractivity contribution is -0.925. The molecule has 2 N–H and O–H groups in total. The number of piperazine rings is 1. The lowest BCUT2D eigenvalue weighted by atomic mass is 10.0. The second kappa shape index (κ2) is 8.39. The van der Waals surface area contributed by atoms with Crippen LogP contribution in [0.1, 0.15) is 31.4 Å². The number of quaternary nitrogens is 1. The molecule has 0 radical (unpaired) electrons. The van der Waals surface area contributed by atoms with E-state index in [1.165, 1.54) is 11.8 Å². The Bertz CT molecular complexity index is 773. The van der Waals surface area contributed by atoms with Crippen LogP contribution in [0.25, 0.3) is 0 Å². The van der Waals surface area contributed by atoms with Crippen LogP contribution >= 0.6 is 0 Å². The summed E-state index contributed by atoms with van der Waals surface area (Å²) in [5.41, 5.74) is 0.918. The smallest absolute Gasteiger partial charge is 0.225 e. The molecule has 3 rings (SSSR count). The fourth-order valence-electron chi connectivity index (χ4n) is 4.06. The van der Waals surface area contributed by atoms with Crippen LogP contribution in [-0.4, -0.2) is 68.9 Å². The molecule has 1 aromatic carbocycles. The van der Waals surface area contributed by atoms with Gasteiger partial charge in [0.05, 0.1) is 44.4 Å². The van der Waals surface area contributed by atoms with Crippen LogP contribution in [-0.2, 0) is 19.4 Å². The van der Waals surface area contributed by atoms with E-state index in [4.69, 9.17) is 0 Å². The van der Waals surface area contributed by atoms with Crippen molar-refractivity contribution < 1.29 is 22.9 Å². The summed E-state index contributed by atoms with van der Waals surface area (Å²) >= 11 is 0. The van der Waals surface area contributed by atoms with Crippen LogP contribution in [0.2, 0.25) is 0 Å². The van der Waals surface area contributed by atoms with Crippen molar-refractivity contribution in [1.82, 2.24) is 10.2 Å². The van der Waals surface area contributed by atoms with Crippen LogP contribution in [0, 0.1) is 0 Å². The van der Waals surface area contributed by atoms with E-state index in [9.17, 15) is 18.0 Å². The Morgan fingerprint density at radius 3 is 2.44 bits per heavy atom. The van der Waals surface area contributed by atoms with E-state index in [0.29, 0.717) is 18.8 Å². The Kier molecular flexibility index (Phi) is 6.16. The predicted molar refractivity (Wildman–Crippen MR) is 102 cm³/mol. The first-order valence-corrected chi connectivity index (χ1v) is 11.3. The molecule has 0 unspecified atom stereocenters. The SMILES string of the molecule is CC(=O)N[C@H](CC(=O)N1CC[NH+]([C@H]2CCS(=O)(=O)C2)CC1)c1ccccc1. The van der Waals surface area contributed by atoms with Gasteiger partial charge in [-0.25, -0.2) is 8.42 Å². The van der Waals surface area contributed by atoms with E-state index >= 15 is 0 Å². The molecule has 2 saturated heterocycles. The summed E-state index contributed by atoms with van der Waals surface area (Å²) in [5.74, 6) is 0.429. The van der Waals surface area contributed by atoms with Gasteiger partial charge in [0.15, 0.2) is 9.84 Å². The van der Waals surface area contributed by atoms with Crippen molar-refractivity contribution in [3.05, 3.63) is 35.9 Å². The molecule has 2 heterocycles. The molecule has 2 aliphatic rings. The van der Waals surface area contributed by atoms with E-state index in [1.54, 1.807) is 0 Å². The average molecular weight is 395 g/mol. The highest BCUT2D eigenvalue weighted by Crippen LogP contribution is 2.18. The second-order valence-electron chi connectivity index (χ2n) is 7.51. The molecule has 2 fully saturated rings. The van der Waals surface area contributed by atoms with Gasteiger partial charge < -0.3 is 15.1 Å². The fraction of sp³-hybridized carbons (Fsp3) is 0.579. The normalized spacial score (nSPS) is 23.7. The molecule has 0 bridgehead atoms. The molecule has 7 nitrogen and oxygen atoms in total. The predicted octanol–water partition coefficient (Wildman–Crippen LogP) is -0.832. The van der Waals surface area contributed by atoms with Crippen molar-refractivity contribution >= 4 is 21.7 Å². The Morgan fingerprint density at radius 1 is 1.22 bits per heavy atom. The molecule has 148 valence electrons. The number of nitrogens with zero attached hydrogens (tertiary/aromatic N) is 1. The van der Waals surface area contributed by atoms with Crippen LogP contribution in [0.5, 0.6) is 0 Å². The summed E-state index contributed by atoms with van der Waals surface area (Å²) < 4.78 is 23.4. The Hall–Kier alpha value is -1.93. The number of rotatable bonds is 5. The van der Waals surface area contributed by atoms with Crippen LogP contribution in [0.15, 0.2) is 30.3 Å². The fourth-order valence-corrected chi connectivity index (χ4v) is 5.88. The third-order valence-corrected chi connectivity index (χ3v) is 7.29. The van der Waals surface area contributed by atoms with E-state index in [2.05, 4.69) is 5.32 Å². The molecular weight excluding hydrogens is 366 g/mol. The molecule has 0 spiro atoms. The summed E-state index contributed by atoms with van der Waals surface area (Å²) in [5, 5.41) is 2.87. The van der Waals surface area contributed by atoms with Crippen LogP contribution in [0.3, 0.4) is 0 Å². The number of sulfone groups is 1. The summed E-state index contributed by atoms with van der Waals surface area (Å²) in [4.78, 5) is 27.4. The quantitative estimate of drug-likeness (QED) is 0.682. The van der Waals surface area contributed by atoms with Crippen molar-refractivity contribution in [3.63, 3.8) is 0 Å². The monoisotopic (exact) mass is 394 g/mol. The minimum absolute atomic E-state index is 0.0238. The highest BCUT2D eigenvalue weighted by Gasteiger charge is 2.37. The number of benzene rings is 1. The van der Waals surface area contributed by atoms with E-state index in [0.717, 1.165) is 25.1 Å². The Labute approximate surface area is 160 Å². The maximum Gasteiger partial charge on any atom is 0.225 e. The Balaban J connectivity index is 1.55. The topological polar surface area (TPSA) is 88.0 Å². The van der Waals surface area contributed by atoms with Gasteiger partial charge in [-0.05, 0) is 5.56 Å². The summed E-state index contributed by atoms with van der Waals surface area (Å²) in [6, 6.07) is 9.36. The molecule has 2 aliphatic heterocycles. The lowest BCUT2D eigenvalue weighted by Crippen LogP contribution is -3.18. The molecule has 0 aromatic heterocycles. The van der Waals surface area contributed by atoms with Gasteiger partial charge in [-0.1, -0.05) is 30.3 Å². The first-order valence-electron chi connectivity index (χ1n) is 9.49. The second-order valence-corrected chi connectivity index (χ2v) is 9.74. The highest BCUT2D eigenvalue weighted by molar-refractivity contribution is 7.91. The molecule has 0 saturated carbocycles. The Morgan fingerprint density at radius 2 is 1.89 bits per heavy atom. The number of amides is 2. The van der Waals surface area contributed by atoms with Crippen LogP contribution in [0.4, 0.5) is 0 Å². The van der Waals surface area contributed by atoms with E-state index in [1.807, 2.05) is 35.2 Å². The molecule has 2 amide bonds. The van der Waals surface area contributed by atoms with Gasteiger partial charge in [-0.15, -0.1) is 0 Å². The van der Waals surface area contributed by atoms with Gasteiger partial charge in [0.2, 0.25) is 11.8 Å². The van der Waals surface area contributed by atoms with E-state index < -0.39 is 9.84 Å². The number of hydrogen-bond donors (Lipinski definition) is 2. The number of nitrogens with one attached hydrogen (secondary N) is 2. The molecule has 27 heavy (non-hydrogen) atoms. The maximum absolute atomic E-state index is 12.8. The summed E-state index contributed by atoms with van der Waals surface area (Å²) in [6.07, 6.45) is 0.959. The first-order chi connectivity index (χ1) is 12.8. The van der Waals surface area contributed by atoms with Gasteiger partial charge in [0.1, 0.15) is 11.8 Å².